The van der Waals surface area contributed by atoms with E-state index in [4.69, 9.17) is 5.73 Å². The maximum Gasteiger partial charge on any atom is 0.127 e. The molecule has 20 heavy (non-hydrogen) atoms. The highest BCUT2D eigenvalue weighted by atomic mass is 14.9. The number of pyridine rings is 1. The number of anilines is 1. The topological polar surface area (TPSA) is 50.9 Å². The van der Waals surface area contributed by atoms with E-state index in [9.17, 15) is 0 Å². The summed E-state index contributed by atoms with van der Waals surface area (Å²) in [6.45, 7) is 10.2. The molecule has 1 fully saturated rings. The number of aromatic nitrogens is 1. The van der Waals surface area contributed by atoms with Gasteiger partial charge in [-0.25, -0.2) is 4.98 Å². The smallest absolute Gasteiger partial charge is 0.127 e. The molecule has 112 valence electrons. The second-order valence-electron chi connectivity index (χ2n) is 6.85. The number of rotatable bonds is 4. The summed E-state index contributed by atoms with van der Waals surface area (Å²) in [4.78, 5) is 4.28. The zero-order valence-corrected chi connectivity index (χ0v) is 13.3. The first-order valence-corrected chi connectivity index (χ1v) is 7.91. The van der Waals surface area contributed by atoms with Gasteiger partial charge in [0.25, 0.3) is 0 Å². The second kappa shape index (κ2) is 6.13. The number of hydrogen-bond donors (Lipinski definition) is 2. The van der Waals surface area contributed by atoms with Crippen LogP contribution in [0, 0.1) is 11.8 Å². The van der Waals surface area contributed by atoms with Gasteiger partial charge in [-0.05, 0) is 42.7 Å². The first kappa shape index (κ1) is 15.3. The van der Waals surface area contributed by atoms with Crippen molar-refractivity contribution in [1.82, 2.24) is 10.3 Å². The molecule has 1 aliphatic rings. The van der Waals surface area contributed by atoms with Gasteiger partial charge in [0, 0.05) is 17.8 Å². The van der Waals surface area contributed by atoms with Crippen LogP contribution in [0.1, 0.15) is 52.5 Å². The first-order chi connectivity index (χ1) is 9.46. The third kappa shape index (κ3) is 2.98. The van der Waals surface area contributed by atoms with Gasteiger partial charge in [-0.1, -0.05) is 40.2 Å². The SMILES string of the molecule is CCNC1CC(C)CCC1C(C)(C)c1cccnc1N. The molecule has 3 atom stereocenters. The van der Waals surface area contributed by atoms with E-state index in [1.54, 1.807) is 6.20 Å². The molecule has 1 heterocycles. The van der Waals surface area contributed by atoms with E-state index in [0.717, 1.165) is 12.5 Å². The molecule has 1 aliphatic carbocycles. The maximum atomic E-state index is 6.13. The molecule has 0 amide bonds. The molecule has 2 rings (SSSR count). The fourth-order valence-electron chi connectivity index (χ4n) is 3.89. The molecule has 0 saturated heterocycles. The van der Waals surface area contributed by atoms with Crippen molar-refractivity contribution in [2.24, 2.45) is 11.8 Å². The molecular weight excluding hydrogens is 246 g/mol. The third-order valence-electron chi connectivity index (χ3n) is 5.04. The lowest BCUT2D eigenvalue weighted by Gasteiger charge is -2.45. The molecule has 0 radical (unpaired) electrons. The van der Waals surface area contributed by atoms with Crippen molar-refractivity contribution in [2.45, 2.75) is 58.4 Å². The molecule has 3 nitrogen and oxygen atoms in total. The van der Waals surface area contributed by atoms with Gasteiger partial charge in [0.05, 0.1) is 0 Å². The van der Waals surface area contributed by atoms with Crippen molar-refractivity contribution in [3.8, 4) is 0 Å². The van der Waals surface area contributed by atoms with E-state index < -0.39 is 0 Å². The highest BCUT2D eigenvalue weighted by Crippen LogP contribution is 2.43. The van der Waals surface area contributed by atoms with Gasteiger partial charge < -0.3 is 11.1 Å². The summed E-state index contributed by atoms with van der Waals surface area (Å²) >= 11 is 0. The monoisotopic (exact) mass is 275 g/mol. The van der Waals surface area contributed by atoms with Gasteiger partial charge in [0.2, 0.25) is 0 Å². The van der Waals surface area contributed by atoms with Gasteiger partial charge >= 0.3 is 0 Å². The summed E-state index contributed by atoms with van der Waals surface area (Å²) in [5, 5.41) is 3.70. The first-order valence-electron chi connectivity index (χ1n) is 7.91. The fourth-order valence-corrected chi connectivity index (χ4v) is 3.89. The molecule has 3 unspecified atom stereocenters. The van der Waals surface area contributed by atoms with E-state index in [-0.39, 0.29) is 5.41 Å². The van der Waals surface area contributed by atoms with E-state index in [1.165, 1.54) is 24.8 Å². The molecule has 1 saturated carbocycles. The molecule has 0 aromatic carbocycles. The predicted molar refractivity (Wildman–Crippen MR) is 85.6 cm³/mol. The Labute approximate surface area is 123 Å². The van der Waals surface area contributed by atoms with Crippen LogP contribution in [-0.4, -0.2) is 17.6 Å². The summed E-state index contributed by atoms with van der Waals surface area (Å²) in [5.74, 6) is 2.12. The highest BCUT2D eigenvalue weighted by molar-refractivity contribution is 5.44. The van der Waals surface area contributed by atoms with Crippen LogP contribution in [-0.2, 0) is 5.41 Å². The summed E-state index contributed by atoms with van der Waals surface area (Å²) < 4.78 is 0. The van der Waals surface area contributed by atoms with Gasteiger partial charge in [-0.15, -0.1) is 0 Å². The number of nitrogen functional groups attached to an aromatic ring is 1. The average Bonchev–Trinajstić information content (AvgIpc) is 2.39. The normalized spacial score (nSPS) is 27.5. The van der Waals surface area contributed by atoms with Crippen LogP contribution in [0.2, 0.25) is 0 Å². The Morgan fingerprint density at radius 2 is 2.15 bits per heavy atom. The lowest BCUT2D eigenvalue weighted by atomic mass is 9.63. The number of nitrogens with two attached hydrogens (primary N) is 1. The van der Waals surface area contributed by atoms with Crippen LogP contribution >= 0.6 is 0 Å². The van der Waals surface area contributed by atoms with Crippen molar-refractivity contribution in [1.29, 1.82) is 0 Å². The van der Waals surface area contributed by atoms with Gasteiger partial charge in [0.15, 0.2) is 0 Å². The number of nitrogens with one attached hydrogen (secondary N) is 1. The second-order valence-corrected chi connectivity index (χ2v) is 6.85. The molecule has 0 spiro atoms. The van der Waals surface area contributed by atoms with E-state index >= 15 is 0 Å². The van der Waals surface area contributed by atoms with Gasteiger partial charge in [0.1, 0.15) is 5.82 Å². The van der Waals surface area contributed by atoms with E-state index in [1.807, 2.05) is 6.07 Å². The number of hydrogen-bond acceptors (Lipinski definition) is 3. The summed E-state index contributed by atoms with van der Waals surface area (Å²) in [6, 6.07) is 4.73. The Hall–Kier alpha value is -1.09. The minimum absolute atomic E-state index is 0.0608. The number of nitrogens with zero attached hydrogens (tertiary/aromatic N) is 1. The third-order valence-corrected chi connectivity index (χ3v) is 5.04. The van der Waals surface area contributed by atoms with Crippen LogP contribution in [0.4, 0.5) is 5.82 Å². The minimum atomic E-state index is 0.0608. The predicted octanol–water partition coefficient (Wildman–Crippen LogP) is 3.36. The lowest BCUT2D eigenvalue weighted by molar-refractivity contribution is 0.147. The lowest BCUT2D eigenvalue weighted by Crippen LogP contribution is -2.48. The van der Waals surface area contributed by atoms with Crippen molar-refractivity contribution < 1.29 is 0 Å². The Morgan fingerprint density at radius 1 is 1.40 bits per heavy atom. The van der Waals surface area contributed by atoms with Crippen LogP contribution in [0.25, 0.3) is 0 Å². The molecule has 0 bridgehead atoms. The largest absolute Gasteiger partial charge is 0.383 e. The van der Waals surface area contributed by atoms with E-state index in [0.29, 0.717) is 17.8 Å². The fraction of sp³-hybridized carbons (Fsp3) is 0.706. The zero-order valence-electron chi connectivity index (χ0n) is 13.3. The Balaban J connectivity index is 2.29. The summed E-state index contributed by atoms with van der Waals surface area (Å²) in [5.41, 5.74) is 7.39. The van der Waals surface area contributed by atoms with Crippen LogP contribution in [0.5, 0.6) is 0 Å². The molecule has 0 aliphatic heterocycles. The Kier molecular flexibility index (Phi) is 4.69. The maximum absolute atomic E-state index is 6.13. The van der Waals surface area contributed by atoms with Crippen molar-refractivity contribution in [2.75, 3.05) is 12.3 Å². The summed E-state index contributed by atoms with van der Waals surface area (Å²) in [6.07, 6.45) is 5.62. The molecule has 3 heteroatoms. The Morgan fingerprint density at radius 3 is 2.80 bits per heavy atom. The van der Waals surface area contributed by atoms with Crippen LogP contribution in [0.3, 0.4) is 0 Å². The standard InChI is InChI=1S/C17H29N3/c1-5-19-15-11-12(2)8-9-13(15)17(3,4)14-7-6-10-20-16(14)18/h6-7,10,12-13,15,19H,5,8-9,11H2,1-4H3,(H2,18,20). The van der Waals surface area contributed by atoms with Gasteiger partial charge in [-0.3, -0.25) is 0 Å². The molecule has 1 aromatic heterocycles. The Bertz CT molecular complexity index is 442. The quantitative estimate of drug-likeness (QED) is 0.886. The van der Waals surface area contributed by atoms with E-state index in [2.05, 4.69) is 44.1 Å². The van der Waals surface area contributed by atoms with Crippen LogP contribution in [0.15, 0.2) is 18.3 Å². The zero-order chi connectivity index (χ0) is 14.8. The van der Waals surface area contributed by atoms with Gasteiger partial charge in [-0.2, -0.15) is 0 Å². The van der Waals surface area contributed by atoms with Crippen molar-refractivity contribution >= 4 is 5.82 Å². The van der Waals surface area contributed by atoms with Crippen LogP contribution < -0.4 is 11.1 Å². The minimum Gasteiger partial charge on any atom is -0.383 e. The van der Waals surface area contributed by atoms with Crippen molar-refractivity contribution in [3.05, 3.63) is 23.9 Å². The summed E-state index contributed by atoms with van der Waals surface area (Å²) in [7, 11) is 0. The van der Waals surface area contributed by atoms with Crippen molar-refractivity contribution in [3.63, 3.8) is 0 Å². The molecular formula is C17H29N3. The average molecular weight is 275 g/mol. The molecule has 3 N–H and O–H groups in total. The molecule has 1 aromatic rings. The highest BCUT2D eigenvalue weighted by Gasteiger charge is 2.40.